The first kappa shape index (κ1) is 15.0. The zero-order chi connectivity index (χ0) is 16.2. The quantitative estimate of drug-likeness (QED) is 0.715. The van der Waals surface area contributed by atoms with Gasteiger partial charge in [-0.3, -0.25) is 4.79 Å². The number of fused-ring (bicyclic) bond motifs is 1. The summed E-state index contributed by atoms with van der Waals surface area (Å²) >= 11 is 0. The zero-order valence-corrected chi connectivity index (χ0v) is 13.0. The van der Waals surface area contributed by atoms with Crippen molar-refractivity contribution in [2.45, 2.75) is 6.92 Å². The fourth-order valence-electron chi connectivity index (χ4n) is 2.09. The Morgan fingerprint density at radius 1 is 1.26 bits per heavy atom. The molecule has 0 aliphatic carbocycles. The van der Waals surface area contributed by atoms with Crippen molar-refractivity contribution < 1.29 is 9.53 Å². The molecule has 0 aliphatic heterocycles. The average Bonchev–Trinajstić information content (AvgIpc) is 3.00. The van der Waals surface area contributed by atoms with E-state index in [4.69, 9.17) is 4.74 Å². The van der Waals surface area contributed by atoms with Gasteiger partial charge in [0.05, 0.1) is 6.54 Å². The van der Waals surface area contributed by atoms with Crippen LogP contribution in [0, 0.1) is 6.92 Å². The Hall–Kier alpha value is -2.96. The monoisotopic (exact) mass is 311 g/mol. The van der Waals surface area contributed by atoms with E-state index < -0.39 is 0 Å². The number of para-hydroxylation sites is 1. The summed E-state index contributed by atoms with van der Waals surface area (Å²) in [5, 5.41) is 4.21. The second-order valence-corrected chi connectivity index (χ2v) is 5.12. The number of hydrogen-bond donors (Lipinski definition) is 0. The van der Waals surface area contributed by atoms with Crippen molar-refractivity contribution in [3.63, 3.8) is 0 Å². The maximum atomic E-state index is 12.4. The van der Waals surface area contributed by atoms with Gasteiger partial charge >= 0.3 is 0 Å². The van der Waals surface area contributed by atoms with E-state index in [1.807, 2.05) is 43.3 Å². The van der Waals surface area contributed by atoms with Crippen molar-refractivity contribution in [2.75, 3.05) is 20.2 Å². The molecule has 0 radical (unpaired) electrons. The normalized spacial score (nSPS) is 10.7. The van der Waals surface area contributed by atoms with Crippen LogP contribution in [-0.2, 0) is 0 Å². The van der Waals surface area contributed by atoms with Gasteiger partial charge in [-0.15, -0.1) is 5.10 Å². The molecule has 23 heavy (non-hydrogen) atoms. The number of nitrogens with zero attached hydrogens (tertiary/aromatic N) is 5. The molecule has 2 aromatic heterocycles. The van der Waals surface area contributed by atoms with Crippen LogP contribution in [-0.4, -0.2) is 50.6 Å². The zero-order valence-electron chi connectivity index (χ0n) is 13.0. The fraction of sp³-hybridized carbons (Fsp3) is 0.250. The maximum absolute atomic E-state index is 12.4. The summed E-state index contributed by atoms with van der Waals surface area (Å²) in [7, 11) is 1.70. The minimum absolute atomic E-state index is 0.133. The van der Waals surface area contributed by atoms with E-state index in [0.717, 1.165) is 11.4 Å². The molecule has 0 bridgehead atoms. The minimum Gasteiger partial charge on any atom is -0.492 e. The number of likely N-dealkylation sites (N-methyl/N-ethyl adjacent to an activating group) is 1. The molecular formula is C16H17N5O2. The summed E-state index contributed by atoms with van der Waals surface area (Å²) in [5.41, 5.74) is 0.872. The lowest BCUT2D eigenvalue weighted by Gasteiger charge is -2.15. The van der Waals surface area contributed by atoms with Crippen LogP contribution < -0.4 is 4.74 Å². The first-order chi connectivity index (χ1) is 11.1. The SMILES string of the molecule is Cc1ccnc2nc(C(=O)N(C)CCOc3ccccc3)nn12. The van der Waals surface area contributed by atoms with Gasteiger partial charge in [-0.1, -0.05) is 18.2 Å². The topological polar surface area (TPSA) is 72.6 Å². The predicted molar refractivity (Wildman–Crippen MR) is 84.4 cm³/mol. The number of amides is 1. The van der Waals surface area contributed by atoms with Crippen molar-refractivity contribution in [3.8, 4) is 5.75 Å². The molecule has 0 spiro atoms. The molecule has 0 N–H and O–H groups in total. The van der Waals surface area contributed by atoms with Crippen LogP contribution in [0.2, 0.25) is 0 Å². The van der Waals surface area contributed by atoms with E-state index in [9.17, 15) is 4.79 Å². The van der Waals surface area contributed by atoms with Crippen LogP contribution in [0.25, 0.3) is 5.78 Å². The predicted octanol–water partition coefficient (Wildman–Crippen LogP) is 1.58. The van der Waals surface area contributed by atoms with E-state index in [2.05, 4.69) is 15.1 Å². The maximum Gasteiger partial charge on any atom is 0.293 e. The molecule has 0 saturated heterocycles. The Labute approximate surface area is 133 Å². The molecule has 1 aromatic carbocycles. The van der Waals surface area contributed by atoms with Crippen molar-refractivity contribution in [1.29, 1.82) is 0 Å². The summed E-state index contributed by atoms with van der Waals surface area (Å²) in [6.45, 7) is 2.72. The van der Waals surface area contributed by atoms with Crippen molar-refractivity contribution in [1.82, 2.24) is 24.5 Å². The molecule has 118 valence electrons. The molecule has 1 amide bonds. The van der Waals surface area contributed by atoms with Gasteiger partial charge in [-0.25, -0.2) is 9.50 Å². The van der Waals surface area contributed by atoms with Crippen LogP contribution in [0.3, 0.4) is 0 Å². The molecule has 3 rings (SSSR count). The highest BCUT2D eigenvalue weighted by atomic mass is 16.5. The number of rotatable bonds is 5. The van der Waals surface area contributed by atoms with Gasteiger partial charge in [-0.05, 0) is 25.1 Å². The van der Waals surface area contributed by atoms with Gasteiger partial charge in [0.2, 0.25) is 5.82 Å². The van der Waals surface area contributed by atoms with Crippen molar-refractivity contribution in [3.05, 3.63) is 54.1 Å². The molecule has 0 fully saturated rings. The highest BCUT2D eigenvalue weighted by Crippen LogP contribution is 2.08. The second-order valence-electron chi connectivity index (χ2n) is 5.12. The number of aryl methyl sites for hydroxylation is 1. The average molecular weight is 311 g/mol. The van der Waals surface area contributed by atoms with Gasteiger partial charge < -0.3 is 9.64 Å². The highest BCUT2D eigenvalue weighted by molar-refractivity contribution is 5.90. The highest BCUT2D eigenvalue weighted by Gasteiger charge is 2.18. The van der Waals surface area contributed by atoms with E-state index in [1.54, 1.807) is 17.8 Å². The smallest absolute Gasteiger partial charge is 0.293 e. The number of aromatic nitrogens is 4. The van der Waals surface area contributed by atoms with Gasteiger partial charge in [0.25, 0.3) is 11.7 Å². The van der Waals surface area contributed by atoms with Crippen LogP contribution in [0.15, 0.2) is 42.6 Å². The van der Waals surface area contributed by atoms with Gasteiger partial charge in [0.1, 0.15) is 12.4 Å². The minimum atomic E-state index is -0.258. The molecule has 2 heterocycles. The Balaban J connectivity index is 1.63. The van der Waals surface area contributed by atoms with E-state index in [-0.39, 0.29) is 11.7 Å². The molecule has 0 aliphatic rings. The summed E-state index contributed by atoms with van der Waals surface area (Å²) < 4.78 is 7.15. The Kier molecular flexibility index (Phi) is 4.18. The number of carbonyl (C=O) groups excluding carboxylic acids is 1. The standard InChI is InChI=1S/C16H17N5O2/c1-12-8-9-17-16-18-14(19-21(12)16)15(22)20(2)10-11-23-13-6-4-3-5-7-13/h3-9H,10-11H2,1-2H3. The third-order valence-corrected chi connectivity index (χ3v) is 3.41. The third-order valence-electron chi connectivity index (χ3n) is 3.41. The molecule has 0 unspecified atom stereocenters. The molecule has 0 atom stereocenters. The van der Waals surface area contributed by atoms with Crippen LogP contribution in [0.1, 0.15) is 16.3 Å². The molecular weight excluding hydrogens is 294 g/mol. The van der Waals surface area contributed by atoms with Gasteiger partial charge in [-0.2, -0.15) is 4.98 Å². The number of hydrogen-bond acceptors (Lipinski definition) is 5. The van der Waals surface area contributed by atoms with Crippen LogP contribution in [0.5, 0.6) is 5.75 Å². The van der Waals surface area contributed by atoms with Crippen LogP contribution >= 0.6 is 0 Å². The number of carbonyl (C=O) groups is 1. The number of ether oxygens (including phenoxy) is 1. The Morgan fingerprint density at radius 3 is 2.78 bits per heavy atom. The third kappa shape index (κ3) is 3.28. The summed E-state index contributed by atoms with van der Waals surface area (Å²) in [6.07, 6.45) is 1.64. The lowest BCUT2D eigenvalue weighted by Crippen LogP contribution is -2.31. The van der Waals surface area contributed by atoms with Crippen LogP contribution in [0.4, 0.5) is 0 Å². The Morgan fingerprint density at radius 2 is 2.04 bits per heavy atom. The van der Waals surface area contributed by atoms with E-state index >= 15 is 0 Å². The molecule has 3 aromatic rings. The first-order valence-electron chi connectivity index (χ1n) is 7.27. The summed E-state index contributed by atoms with van der Waals surface area (Å²) in [4.78, 5) is 22.2. The lowest BCUT2D eigenvalue weighted by atomic mass is 10.3. The Bertz CT molecular complexity index is 816. The molecule has 7 heteroatoms. The summed E-state index contributed by atoms with van der Waals surface area (Å²) in [6, 6.07) is 11.3. The molecule has 0 saturated carbocycles. The molecule has 7 nitrogen and oxygen atoms in total. The summed E-state index contributed by atoms with van der Waals surface area (Å²) in [5.74, 6) is 1.07. The first-order valence-corrected chi connectivity index (χ1v) is 7.27. The van der Waals surface area contributed by atoms with Crippen molar-refractivity contribution in [2.24, 2.45) is 0 Å². The van der Waals surface area contributed by atoms with Gasteiger partial charge in [0.15, 0.2) is 0 Å². The van der Waals surface area contributed by atoms with Gasteiger partial charge in [0, 0.05) is 18.9 Å². The second kappa shape index (κ2) is 6.43. The largest absolute Gasteiger partial charge is 0.492 e. The van der Waals surface area contributed by atoms with Crippen molar-refractivity contribution >= 4 is 11.7 Å². The fourth-order valence-corrected chi connectivity index (χ4v) is 2.09. The van der Waals surface area contributed by atoms with E-state index in [1.165, 1.54) is 4.90 Å². The van der Waals surface area contributed by atoms with E-state index in [0.29, 0.717) is 18.9 Å². The number of benzene rings is 1. The lowest BCUT2D eigenvalue weighted by molar-refractivity contribution is 0.0762.